The molecule has 0 fully saturated rings. The van der Waals surface area contributed by atoms with Crippen LogP contribution in [0.1, 0.15) is 6.92 Å². The zero-order valence-electron chi connectivity index (χ0n) is 11.2. The zero-order valence-corrected chi connectivity index (χ0v) is 11.2. The SMILES string of the molecule is CCNc1c2ccccc2nc2c1oc1ccccc12. The minimum atomic E-state index is 0.840. The summed E-state index contributed by atoms with van der Waals surface area (Å²) in [5, 5.41) is 5.58. The Hall–Kier alpha value is -2.55. The van der Waals surface area contributed by atoms with Crippen molar-refractivity contribution in [2.45, 2.75) is 6.92 Å². The van der Waals surface area contributed by atoms with Gasteiger partial charge in [0.15, 0.2) is 5.58 Å². The second-order valence-electron chi connectivity index (χ2n) is 4.81. The van der Waals surface area contributed by atoms with Crippen molar-refractivity contribution in [2.75, 3.05) is 11.9 Å². The van der Waals surface area contributed by atoms with Crippen LogP contribution in [0.15, 0.2) is 52.9 Å². The van der Waals surface area contributed by atoms with Crippen molar-refractivity contribution in [2.24, 2.45) is 0 Å². The molecule has 0 aliphatic rings. The van der Waals surface area contributed by atoms with Gasteiger partial charge in [0.2, 0.25) is 0 Å². The molecule has 0 bridgehead atoms. The quantitative estimate of drug-likeness (QED) is 0.575. The number of anilines is 1. The van der Waals surface area contributed by atoms with Gasteiger partial charge in [-0.2, -0.15) is 0 Å². The van der Waals surface area contributed by atoms with Crippen LogP contribution >= 0.6 is 0 Å². The van der Waals surface area contributed by atoms with E-state index in [2.05, 4.69) is 24.4 Å². The minimum Gasteiger partial charge on any atom is -0.452 e. The fourth-order valence-corrected chi connectivity index (χ4v) is 2.69. The Morgan fingerprint density at radius 1 is 1.00 bits per heavy atom. The number of pyridine rings is 1. The predicted octanol–water partition coefficient (Wildman–Crippen LogP) is 4.57. The molecule has 4 rings (SSSR count). The molecular formula is C17H14N2O. The van der Waals surface area contributed by atoms with E-state index in [9.17, 15) is 0 Å². The number of nitrogens with zero attached hydrogens (tertiary/aromatic N) is 1. The second-order valence-corrected chi connectivity index (χ2v) is 4.81. The van der Waals surface area contributed by atoms with Crippen molar-refractivity contribution in [1.82, 2.24) is 4.98 Å². The maximum atomic E-state index is 6.02. The van der Waals surface area contributed by atoms with E-state index in [4.69, 9.17) is 9.40 Å². The van der Waals surface area contributed by atoms with Crippen LogP contribution in [0.2, 0.25) is 0 Å². The van der Waals surface area contributed by atoms with E-state index in [1.807, 2.05) is 36.4 Å². The van der Waals surface area contributed by atoms with Gasteiger partial charge in [0.25, 0.3) is 0 Å². The zero-order chi connectivity index (χ0) is 13.5. The highest BCUT2D eigenvalue weighted by atomic mass is 16.3. The number of rotatable bonds is 2. The molecule has 98 valence electrons. The number of nitrogens with one attached hydrogen (secondary N) is 1. The maximum Gasteiger partial charge on any atom is 0.177 e. The molecule has 2 aromatic carbocycles. The lowest BCUT2D eigenvalue weighted by Crippen LogP contribution is -1.98. The van der Waals surface area contributed by atoms with Gasteiger partial charge in [0.1, 0.15) is 11.1 Å². The molecule has 20 heavy (non-hydrogen) atoms. The average molecular weight is 262 g/mol. The fraction of sp³-hybridized carbons (Fsp3) is 0.118. The van der Waals surface area contributed by atoms with Gasteiger partial charge in [0.05, 0.1) is 11.2 Å². The lowest BCUT2D eigenvalue weighted by atomic mass is 10.1. The molecular weight excluding hydrogens is 248 g/mol. The molecule has 4 aromatic rings. The highest BCUT2D eigenvalue weighted by Gasteiger charge is 2.15. The Balaban J connectivity index is 2.24. The van der Waals surface area contributed by atoms with E-state index in [0.29, 0.717) is 0 Å². The van der Waals surface area contributed by atoms with Gasteiger partial charge in [-0.15, -0.1) is 0 Å². The monoisotopic (exact) mass is 262 g/mol. The van der Waals surface area contributed by atoms with Crippen molar-refractivity contribution in [3.8, 4) is 0 Å². The highest BCUT2D eigenvalue weighted by molar-refractivity contribution is 6.13. The molecule has 0 saturated heterocycles. The number of fused-ring (bicyclic) bond motifs is 4. The molecule has 1 N–H and O–H groups in total. The predicted molar refractivity (Wildman–Crippen MR) is 83.2 cm³/mol. The Morgan fingerprint density at radius 3 is 2.60 bits per heavy atom. The summed E-state index contributed by atoms with van der Waals surface area (Å²) in [6.45, 7) is 2.93. The number of hydrogen-bond donors (Lipinski definition) is 1. The first-order chi connectivity index (χ1) is 9.88. The van der Waals surface area contributed by atoms with Gasteiger partial charge in [-0.05, 0) is 25.1 Å². The van der Waals surface area contributed by atoms with Crippen LogP contribution in [-0.4, -0.2) is 11.5 Å². The average Bonchev–Trinajstić information content (AvgIpc) is 2.86. The molecule has 0 saturated carbocycles. The maximum absolute atomic E-state index is 6.02. The van der Waals surface area contributed by atoms with E-state index in [0.717, 1.165) is 45.2 Å². The van der Waals surface area contributed by atoms with Crippen LogP contribution in [0.4, 0.5) is 5.69 Å². The molecule has 3 heteroatoms. The largest absolute Gasteiger partial charge is 0.452 e. The van der Waals surface area contributed by atoms with Gasteiger partial charge in [0, 0.05) is 17.3 Å². The van der Waals surface area contributed by atoms with E-state index in [1.165, 1.54) is 0 Å². The summed E-state index contributed by atoms with van der Waals surface area (Å²) in [6, 6.07) is 16.2. The minimum absolute atomic E-state index is 0.840. The number of para-hydroxylation sites is 2. The number of aromatic nitrogens is 1. The Labute approximate surface area is 116 Å². The summed E-state index contributed by atoms with van der Waals surface area (Å²) in [7, 11) is 0. The molecule has 0 atom stereocenters. The molecule has 0 amide bonds. The van der Waals surface area contributed by atoms with E-state index in [-0.39, 0.29) is 0 Å². The summed E-state index contributed by atoms with van der Waals surface area (Å²) in [5.41, 5.74) is 4.67. The van der Waals surface area contributed by atoms with Crippen molar-refractivity contribution >= 4 is 38.7 Å². The Bertz CT molecular complexity index is 924. The highest BCUT2D eigenvalue weighted by Crippen LogP contribution is 2.36. The molecule has 0 aliphatic heterocycles. The van der Waals surface area contributed by atoms with E-state index in [1.54, 1.807) is 0 Å². The van der Waals surface area contributed by atoms with Crippen LogP contribution in [0.3, 0.4) is 0 Å². The van der Waals surface area contributed by atoms with Crippen LogP contribution in [0.5, 0.6) is 0 Å². The summed E-state index contributed by atoms with van der Waals surface area (Å²) in [6.07, 6.45) is 0. The standard InChI is InChI=1S/C17H14N2O/c1-2-18-15-11-7-3-5-9-13(11)19-16-12-8-4-6-10-14(12)20-17(15)16/h3-10H,2H2,1H3,(H,18,19). The van der Waals surface area contributed by atoms with Crippen LogP contribution in [0.25, 0.3) is 33.0 Å². The van der Waals surface area contributed by atoms with Crippen LogP contribution < -0.4 is 5.32 Å². The molecule has 0 aliphatic carbocycles. The molecule has 0 spiro atoms. The first kappa shape index (κ1) is 11.3. The van der Waals surface area contributed by atoms with Gasteiger partial charge in [-0.1, -0.05) is 30.3 Å². The summed E-state index contributed by atoms with van der Waals surface area (Å²) >= 11 is 0. The number of furan rings is 1. The normalized spacial score (nSPS) is 11.4. The third-order valence-corrected chi connectivity index (χ3v) is 3.56. The molecule has 2 heterocycles. The van der Waals surface area contributed by atoms with E-state index < -0.39 is 0 Å². The van der Waals surface area contributed by atoms with Gasteiger partial charge in [-0.3, -0.25) is 0 Å². The van der Waals surface area contributed by atoms with Crippen molar-refractivity contribution in [3.05, 3.63) is 48.5 Å². The fourth-order valence-electron chi connectivity index (χ4n) is 2.69. The first-order valence-electron chi connectivity index (χ1n) is 6.82. The number of hydrogen-bond acceptors (Lipinski definition) is 3. The lowest BCUT2D eigenvalue weighted by Gasteiger charge is -2.08. The van der Waals surface area contributed by atoms with Gasteiger partial charge in [-0.25, -0.2) is 4.98 Å². The molecule has 2 aromatic heterocycles. The molecule has 3 nitrogen and oxygen atoms in total. The summed E-state index contributed by atoms with van der Waals surface area (Å²) in [4.78, 5) is 4.77. The third kappa shape index (κ3) is 1.50. The van der Waals surface area contributed by atoms with Crippen LogP contribution in [0, 0.1) is 0 Å². The smallest absolute Gasteiger partial charge is 0.177 e. The Morgan fingerprint density at radius 2 is 1.75 bits per heavy atom. The third-order valence-electron chi connectivity index (χ3n) is 3.56. The van der Waals surface area contributed by atoms with Crippen molar-refractivity contribution in [3.63, 3.8) is 0 Å². The van der Waals surface area contributed by atoms with Gasteiger partial charge < -0.3 is 9.73 Å². The second kappa shape index (κ2) is 4.23. The van der Waals surface area contributed by atoms with Gasteiger partial charge >= 0.3 is 0 Å². The van der Waals surface area contributed by atoms with Crippen molar-refractivity contribution < 1.29 is 4.42 Å². The van der Waals surface area contributed by atoms with E-state index >= 15 is 0 Å². The topological polar surface area (TPSA) is 38.1 Å². The molecule has 0 radical (unpaired) electrons. The van der Waals surface area contributed by atoms with Crippen LogP contribution in [-0.2, 0) is 0 Å². The Kier molecular flexibility index (Phi) is 2.39. The summed E-state index contributed by atoms with van der Waals surface area (Å²) in [5.74, 6) is 0. The lowest BCUT2D eigenvalue weighted by molar-refractivity contribution is 0.669. The number of benzene rings is 2. The summed E-state index contributed by atoms with van der Waals surface area (Å²) < 4.78 is 6.02. The first-order valence-corrected chi connectivity index (χ1v) is 6.82. The van der Waals surface area contributed by atoms with Crippen molar-refractivity contribution in [1.29, 1.82) is 0 Å². The molecule has 0 unspecified atom stereocenters.